The molecule has 0 saturated heterocycles. The van der Waals surface area contributed by atoms with Crippen LogP contribution in [0, 0.1) is 0 Å². The lowest BCUT2D eigenvalue weighted by Gasteiger charge is -2.19. The summed E-state index contributed by atoms with van der Waals surface area (Å²) >= 11 is 3.47. The lowest BCUT2D eigenvalue weighted by Crippen LogP contribution is -2.08. The van der Waals surface area contributed by atoms with Crippen LogP contribution >= 0.6 is 15.9 Å². The van der Waals surface area contributed by atoms with E-state index in [0.29, 0.717) is 0 Å². The van der Waals surface area contributed by atoms with Gasteiger partial charge in [0.25, 0.3) is 0 Å². The predicted molar refractivity (Wildman–Crippen MR) is 85.3 cm³/mol. The Morgan fingerprint density at radius 2 is 1.90 bits per heavy atom. The molecular weight excluding hydrogens is 318 g/mol. The van der Waals surface area contributed by atoms with Gasteiger partial charge in [0.2, 0.25) is 0 Å². The summed E-state index contributed by atoms with van der Waals surface area (Å²) in [4.78, 5) is 0. The molecule has 1 atom stereocenters. The molecule has 0 saturated carbocycles. The van der Waals surface area contributed by atoms with Crippen LogP contribution in [0.3, 0.4) is 0 Å². The summed E-state index contributed by atoms with van der Waals surface area (Å²) in [7, 11) is 0. The molecule has 3 N–H and O–H groups in total. The number of halogens is 1. The Morgan fingerprint density at radius 3 is 2.55 bits per heavy atom. The van der Waals surface area contributed by atoms with Crippen LogP contribution in [0.1, 0.15) is 31.0 Å². The summed E-state index contributed by atoms with van der Waals surface area (Å²) in [5, 5.41) is 22.6. The summed E-state index contributed by atoms with van der Waals surface area (Å²) in [6, 6.07) is 10.7. The topological polar surface area (TPSA) is 52.5 Å². The molecule has 20 heavy (non-hydrogen) atoms. The molecule has 0 aliphatic heterocycles. The van der Waals surface area contributed by atoms with Gasteiger partial charge in [-0.15, -0.1) is 0 Å². The molecule has 0 spiro atoms. The third kappa shape index (κ3) is 3.25. The molecule has 0 aliphatic rings. The highest BCUT2D eigenvalue weighted by molar-refractivity contribution is 9.10. The molecule has 0 amide bonds. The highest BCUT2D eigenvalue weighted by Gasteiger charge is 2.12. The van der Waals surface area contributed by atoms with Gasteiger partial charge in [-0.05, 0) is 49.2 Å². The third-order valence-corrected chi connectivity index (χ3v) is 3.79. The Labute approximate surface area is 127 Å². The number of hydrogen-bond donors (Lipinski definition) is 3. The van der Waals surface area contributed by atoms with E-state index in [0.717, 1.165) is 22.1 Å². The first-order chi connectivity index (χ1) is 9.51. The van der Waals surface area contributed by atoms with E-state index < -0.39 is 0 Å². The van der Waals surface area contributed by atoms with E-state index >= 15 is 0 Å². The summed E-state index contributed by atoms with van der Waals surface area (Å²) in [6.45, 7) is 4.09. The normalized spacial score (nSPS) is 12.2. The number of aryl methyl sites for hydroxylation is 1. The molecule has 2 rings (SSSR count). The highest BCUT2D eigenvalue weighted by atomic mass is 79.9. The van der Waals surface area contributed by atoms with Gasteiger partial charge in [0, 0.05) is 21.8 Å². The summed E-state index contributed by atoms with van der Waals surface area (Å²) < 4.78 is 1.06. The molecule has 106 valence electrons. The van der Waals surface area contributed by atoms with Crippen molar-refractivity contribution in [2.75, 3.05) is 5.32 Å². The van der Waals surface area contributed by atoms with Crippen molar-refractivity contribution in [1.82, 2.24) is 0 Å². The van der Waals surface area contributed by atoms with Crippen molar-refractivity contribution in [3.63, 3.8) is 0 Å². The van der Waals surface area contributed by atoms with Crippen LogP contribution in [0.5, 0.6) is 11.5 Å². The maximum Gasteiger partial charge on any atom is 0.124 e. The Morgan fingerprint density at radius 1 is 1.15 bits per heavy atom. The molecule has 0 radical (unpaired) electrons. The fourth-order valence-electron chi connectivity index (χ4n) is 2.20. The molecule has 2 aromatic rings. The van der Waals surface area contributed by atoms with Crippen molar-refractivity contribution in [3.8, 4) is 11.5 Å². The molecule has 3 nitrogen and oxygen atoms in total. The molecule has 0 aliphatic carbocycles. The van der Waals surface area contributed by atoms with E-state index in [9.17, 15) is 10.2 Å². The van der Waals surface area contributed by atoms with Gasteiger partial charge in [0.15, 0.2) is 0 Å². The van der Waals surface area contributed by atoms with E-state index in [1.165, 1.54) is 11.6 Å². The van der Waals surface area contributed by atoms with Crippen molar-refractivity contribution in [3.05, 3.63) is 52.0 Å². The largest absolute Gasteiger partial charge is 0.508 e. The molecule has 4 heteroatoms. The molecular formula is C16H18BrNO2. The lowest BCUT2D eigenvalue weighted by molar-refractivity contribution is 0.444. The van der Waals surface area contributed by atoms with Gasteiger partial charge >= 0.3 is 0 Å². The number of hydrogen-bond acceptors (Lipinski definition) is 3. The Hall–Kier alpha value is -1.68. The minimum atomic E-state index is -0.0536. The first-order valence-electron chi connectivity index (χ1n) is 6.58. The van der Waals surface area contributed by atoms with Crippen LogP contribution < -0.4 is 5.32 Å². The second-order valence-electron chi connectivity index (χ2n) is 4.76. The van der Waals surface area contributed by atoms with E-state index in [-0.39, 0.29) is 17.5 Å². The molecule has 2 aromatic carbocycles. The van der Waals surface area contributed by atoms with Crippen LogP contribution in [-0.4, -0.2) is 10.2 Å². The van der Waals surface area contributed by atoms with E-state index in [4.69, 9.17) is 0 Å². The minimum Gasteiger partial charge on any atom is -0.508 e. The number of phenolic OH excluding ortho intramolecular Hbond substituents is 2. The fraction of sp³-hybridized carbons (Fsp3) is 0.250. The lowest BCUT2D eigenvalue weighted by atomic mass is 10.0. The average Bonchev–Trinajstić information content (AvgIpc) is 2.40. The molecule has 1 unspecified atom stereocenters. The second kappa shape index (κ2) is 6.18. The highest BCUT2D eigenvalue weighted by Crippen LogP contribution is 2.31. The number of nitrogens with one attached hydrogen (secondary N) is 1. The number of aromatic hydroxyl groups is 2. The standard InChI is InChI=1S/C16H18BrNO2/c1-3-11-8-12(17)4-7-15(11)18-10(2)14-6-5-13(19)9-16(14)20/h4-10,18-20H,3H2,1-2H3. The first kappa shape index (κ1) is 14.7. The molecule has 0 heterocycles. The van der Waals surface area contributed by atoms with Crippen LogP contribution in [0.25, 0.3) is 0 Å². The van der Waals surface area contributed by atoms with Crippen LogP contribution in [0.15, 0.2) is 40.9 Å². The fourth-order valence-corrected chi connectivity index (χ4v) is 2.61. The maximum atomic E-state index is 9.90. The van der Waals surface area contributed by atoms with E-state index in [1.54, 1.807) is 12.1 Å². The smallest absolute Gasteiger partial charge is 0.124 e. The number of anilines is 1. The predicted octanol–water partition coefficient (Wildman–Crippen LogP) is 4.60. The SMILES string of the molecule is CCc1cc(Br)ccc1NC(C)c1ccc(O)cc1O. The van der Waals surface area contributed by atoms with E-state index in [2.05, 4.69) is 34.2 Å². The van der Waals surface area contributed by atoms with Crippen molar-refractivity contribution in [2.45, 2.75) is 26.3 Å². The third-order valence-electron chi connectivity index (χ3n) is 3.30. The second-order valence-corrected chi connectivity index (χ2v) is 5.68. The molecule has 0 fully saturated rings. The van der Waals surface area contributed by atoms with Crippen LogP contribution in [-0.2, 0) is 6.42 Å². The molecule has 0 bridgehead atoms. The quantitative estimate of drug-likeness (QED) is 0.765. The van der Waals surface area contributed by atoms with Crippen molar-refractivity contribution < 1.29 is 10.2 Å². The summed E-state index contributed by atoms with van der Waals surface area (Å²) in [5.41, 5.74) is 3.02. The maximum absolute atomic E-state index is 9.90. The number of benzene rings is 2. The zero-order valence-electron chi connectivity index (χ0n) is 11.5. The number of rotatable bonds is 4. The van der Waals surface area contributed by atoms with Gasteiger partial charge in [-0.2, -0.15) is 0 Å². The van der Waals surface area contributed by atoms with Crippen LogP contribution in [0.4, 0.5) is 5.69 Å². The molecule has 0 aromatic heterocycles. The zero-order chi connectivity index (χ0) is 14.7. The van der Waals surface area contributed by atoms with Gasteiger partial charge < -0.3 is 15.5 Å². The number of phenols is 2. The summed E-state index contributed by atoms with van der Waals surface area (Å²) in [6.07, 6.45) is 0.927. The van der Waals surface area contributed by atoms with Gasteiger partial charge in [-0.1, -0.05) is 22.9 Å². The Bertz CT molecular complexity index is 613. The summed E-state index contributed by atoms with van der Waals surface area (Å²) in [5.74, 6) is 0.163. The van der Waals surface area contributed by atoms with Gasteiger partial charge in [-0.3, -0.25) is 0 Å². The Balaban J connectivity index is 2.25. The average molecular weight is 336 g/mol. The zero-order valence-corrected chi connectivity index (χ0v) is 13.1. The van der Waals surface area contributed by atoms with Crippen LogP contribution in [0.2, 0.25) is 0 Å². The van der Waals surface area contributed by atoms with Crippen molar-refractivity contribution in [2.24, 2.45) is 0 Å². The monoisotopic (exact) mass is 335 g/mol. The van der Waals surface area contributed by atoms with Gasteiger partial charge in [0.05, 0.1) is 6.04 Å². The Kier molecular flexibility index (Phi) is 4.55. The van der Waals surface area contributed by atoms with Crippen molar-refractivity contribution >= 4 is 21.6 Å². The van der Waals surface area contributed by atoms with Gasteiger partial charge in [0.1, 0.15) is 11.5 Å². The first-order valence-corrected chi connectivity index (χ1v) is 7.37. The van der Waals surface area contributed by atoms with E-state index in [1.807, 2.05) is 19.1 Å². The van der Waals surface area contributed by atoms with Gasteiger partial charge in [-0.25, -0.2) is 0 Å². The minimum absolute atomic E-state index is 0.0536. The van der Waals surface area contributed by atoms with Crippen molar-refractivity contribution in [1.29, 1.82) is 0 Å².